The fraction of sp³-hybridized carbons (Fsp3) is 0.611. The SMILES string of the molecule is CN(C)c1ccc(CC(=O)NCC2CCN(C3CC3)C2)cc1. The van der Waals surface area contributed by atoms with E-state index in [1.54, 1.807) is 0 Å². The molecule has 1 saturated carbocycles. The van der Waals surface area contributed by atoms with Gasteiger partial charge >= 0.3 is 0 Å². The van der Waals surface area contributed by atoms with Gasteiger partial charge < -0.3 is 15.1 Å². The molecule has 1 aliphatic carbocycles. The van der Waals surface area contributed by atoms with Crippen molar-refractivity contribution in [2.45, 2.75) is 31.7 Å². The Hall–Kier alpha value is -1.55. The Kier molecular flexibility index (Phi) is 4.67. The van der Waals surface area contributed by atoms with Crippen molar-refractivity contribution >= 4 is 11.6 Å². The molecule has 0 spiro atoms. The molecule has 1 unspecified atom stereocenters. The predicted octanol–water partition coefficient (Wildman–Crippen LogP) is 1.90. The molecule has 2 aliphatic rings. The van der Waals surface area contributed by atoms with Crippen LogP contribution >= 0.6 is 0 Å². The maximum absolute atomic E-state index is 12.1. The van der Waals surface area contributed by atoms with Crippen LogP contribution in [0.2, 0.25) is 0 Å². The molecule has 0 aromatic heterocycles. The highest BCUT2D eigenvalue weighted by Gasteiger charge is 2.34. The van der Waals surface area contributed by atoms with Gasteiger partial charge in [0.1, 0.15) is 0 Å². The van der Waals surface area contributed by atoms with Gasteiger partial charge in [0.25, 0.3) is 0 Å². The number of anilines is 1. The zero-order valence-corrected chi connectivity index (χ0v) is 13.7. The first-order valence-corrected chi connectivity index (χ1v) is 8.39. The summed E-state index contributed by atoms with van der Waals surface area (Å²) in [5.41, 5.74) is 2.24. The van der Waals surface area contributed by atoms with Crippen LogP contribution in [0.15, 0.2) is 24.3 Å². The van der Waals surface area contributed by atoms with E-state index in [1.165, 1.54) is 32.4 Å². The van der Waals surface area contributed by atoms with Crippen molar-refractivity contribution in [3.8, 4) is 0 Å². The summed E-state index contributed by atoms with van der Waals surface area (Å²) in [7, 11) is 4.04. The van der Waals surface area contributed by atoms with Gasteiger partial charge in [0.15, 0.2) is 0 Å². The minimum absolute atomic E-state index is 0.141. The molecule has 1 heterocycles. The van der Waals surface area contributed by atoms with Crippen LogP contribution in [0.3, 0.4) is 0 Å². The summed E-state index contributed by atoms with van der Waals surface area (Å²) in [5.74, 6) is 0.781. The molecule has 1 atom stereocenters. The number of rotatable bonds is 6. The van der Waals surface area contributed by atoms with Crippen molar-refractivity contribution in [1.82, 2.24) is 10.2 Å². The number of amides is 1. The van der Waals surface area contributed by atoms with Gasteiger partial charge in [-0.15, -0.1) is 0 Å². The van der Waals surface area contributed by atoms with Gasteiger partial charge in [-0.05, 0) is 49.4 Å². The first-order chi connectivity index (χ1) is 10.6. The topological polar surface area (TPSA) is 35.6 Å². The number of hydrogen-bond acceptors (Lipinski definition) is 3. The van der Waals surface area contributed by atoms with E-state index in [9.17, 15) is 4.79 Å². The Morgan fingerprint density at radius 3 is 2.59 bits per heavy atom. The molecule has 1 aliphatic heterocycles. The number of benzene rings is 1. The third kappa shape index (κ3) is 4.01. The summed E-state index contributed by atoms with van der Waals surface area (Å²) in [6.45, 7) is 3.22. The number of likely N-dealkylation sites (tertiary alicyclic amines) is 1. The average molecular weight is 301 g/mol. The molecule has 3 rings (SSSR count). The lowest BCUT2D eigenvalue weighted by molar-refractivity contribution is -0.120. The van der Waals surface area contributed by atoms with Crippen molar-refractivity contribution in [2.75, 3.05) is 38.6 Å². The van der Waals surface area contributed by atoms with E-state index in [2.05, 4.69) is 27.2 Å². The molecule has 4 nitrogen and oxygen atoms in total. The second-order valence-electron chi connectivity index (χ2n) is 6.92. The fourth-order valence-electron chi connectivity index (χ4n) is 3.22. The summed E-state index contributed by atoms with van der Waals surface area (Å²) in [6.07, 6.45) is 4.46. The lowest BCUT2D eigenvalue weighted by atomic mass is 10.1. The van der Waals surface area contributed by atoms with E-state index in [4.69, 9.17) is 0 Å². The Labute approximate surface area is 133 Å². The van der Waals surface area contributed by atoms with E-state index < -0.39 is 0 Å². The number of nitrogens with zero attached hydrogens (tertiary/aromatic N) is 2. The minimum Gasteiger partial charge on any atom is -0.378 e. The number of hydrogen-bond donors (Lipinski definition) is 1. The maximum Gasteiger partial charge on any atom is 0.224 e. The van der Waals surface area contributed by atoms with Gasteiger partial charge in [-0.3, -0.25) is 4.79 Å². The van der Waals surface area contributed by atoms with Crippen LogP contribution in [0.1, 0.15) is 24.8 Å². The average Bonchev–Trinajstić information content (AvgIpc) is 3.25. The molecule has 1 amide bonds. The summed E-state index contributed by atoms with van der Waals surface area (Å²) in [6, 6.07) is 9.06. The number of carbonyl (C=O) groups is 1. The van der Waals surface area contributed by atoms with Crippen LogP contribution in [-0.4, -0.2) is 50.6 Å². The molecule has 1 saturated heterocycles. The van der Waals surface area contributed by atoms with Crippen LogP contribution in [-0.2, 0) is 11.2 Å². The maximum atomic E-state index is 12.1. The highest BCUT2D eigenvalue weighted by molar-refractivity contribution is 5.78. The molecule has 1 N–H and O–H groups in total. The zero-order chi connectivity index (χ0) is 15.5. The van der Waals surface area contributed by atoms with Gasteiger partial charge in [0.05, 0.1) is 6.42 Å². The summed E-state index contributed by atoms with van der Waals surface area (Å²) < 4.78 is 0. The molecule has 120 valence electrons. The lowest BCUT2D eigenvalue weighted by Crippen LogP contribution is -2.32. The van der Waals surface area contributed by atoms with Crippen LogP contribution in [0, 0.1) is 5.92 Å². The van der Waals surface area contributed by atoms with E-state index >= 15 is 0 Å². The van der Waals surface area contributed by atoms with Crippen molar-refractivity contribution in [3.05, 3.63) is 29.8 Å². The first-order valence-electron chi connectivity index (χ1n) is 8.39. The highest BCUT2D eigenvalue weighted by Crippen LogP contribution is 2.31. The minimum atomic E-state index is 0.141. The Bertz CT molecular complexity index is 508. The number of nitrogens with one attached hydrogen (secondary N) is 1. The van der Waals surface area contributed by atoms with Crippen LogP contribution in [0.4, 0.5) is 5.69 Å². The first kappa shape index (κ1) is 15.3. The van der Waals surface area contributed by atoms with Gasteiger partial charge in [0.2, 0.25) is 5.91 Å². The third-order valence-electron chi connectivity index (χ3n) is 4.79. The van der Waals surface area contributed by atoms with Crippen LogP contribution in [0.5, 0.6) is 0 Å². The quantitative estimate of drug-likeness (QED) is 0.871. The largest absolute Gasteiger partial charge is 0.378 e. The normalized spacial score (nSPS) is 21.8. The van der Waals surface area contributed by atoms with Gasteiger partial charge in [-0.1, -0.05) is 12.1 Å². The Balaban J connectivity index is 1.40. The van der Waals surface area contributed by atoms with Crippen molar-refractivity contribution in [3.63, 3.8) is 0 Å². The third-order valence-corrected chi connectivity index (χ3v) is 4.79. The Morgan fingerprint density at radius 1 is 1.23 bits per heavy atom. The van der Waals surface area contributed by atoms with E-state index in [1.807, 2.05) is 26.2 Å². The lowest BCUT2D eigenvalue weighted by Gasteiger charge is -2.15. The highest BCUT2D eigenvalue weighted by atomic mass is 16.1. The smallest absolute Gasteiger partial charge is 0.224 e. The monoisotopic (exact) mass is 301 g/mol. The molecular formula is C18H27N3O. The summed E-state index contributed by atoms with van der Waals surface area (Å²) >= 11 is 0. The Morgan fingerprint density at radius 2 is 1.95 bits per heavy atom. The summed E-state index contributed by atoms with van der Waals surface area (Å²) in [5, 5.41) is 3.11. The van der Waals surface area contributed by atoms with Crippen molar-refractivity contribution in [1.29, 1.82) is 0 Å². The molecule has 1 aromatic carbocycles. The van der Waals surface area contributed by atoms with E-state index in [0.717, 1.165) is 23.8 Å². The molecule has 1 aromatic rings. The standard InChI is InChI=1S/C18H27N3O/c1-20(2)16-5-3-14(4-6-16)11-18(22)19-12-15-9-10-21(13-15)17-7-8-17/h3-6,15,17H,7-13H2,1-2H3,(H,19,22). The van der Waals surface area contributed by atoms with Crippen LogP contribution < -0.4 is 10.2 Å². The zero-order valence-electron chi connectivity index (χ0n) is 13.7. The molecule has 0 bridgehead atoms. The van der Waals surface area contributed by atoms with Crippen molar-refractivity contribution < 1.29 is 4.79 Å². The van der Waals surface area contributed by atoms with E-state index in [-0.39, 0.29) is 5.91 Å². The van der Waals surface area contributed by atoms with Crippen molar-refractivity contribution in [2.24, 2.45) is 5.92 Å². The molecule has 4 heteroatoms. The van der Waals surface area contributed by atoms with Crippen LogP contribution in [0.25, 0.3) is 0 Å². The predicted molar refractivity (Wildman–Crippen MR) is 90.2 cm³/mol. The van der Waals surface area contributed by atoms with Gasteiger partial charge in [-0.25, -0.2) is 0 Å². The fourth-order valence-corrected chi connectivity index (χ4v) is 3.22. The second-order valence-corrected chi connectivity index (χ2v) is 6.92. The van der Waals surface area contributed by atoms with E-state index in [0.29, 0.717) is 12.3 Å². The van der Waals surface area contributed by atoms with Gasteiger partial charge in [0, 0.05) is 38.9 Å². The van der Waals surface area contributed by atoms with Gasteiger partial charge in [-0.2, -0.15) is 0 Å². The molecule has 22 heavy (non-hydrogen) atoms. The number of carbonyl (C=O) groups excluding carboxylic acids is 1. The second kappa shape index (κ2) is 6.69. The molecular weight excluding hydrogens is 274 g/mol. The molecule has 0 radical (unpaired) electrons. The summed E-state index contributed by atoms with van der Waals surface area (Å²) in [4.78, 5) is 16.7. The molecule has 2 fully saturated rings.